The second-order valence-electron chi connectivity index (χ2n) is 6.36. The summed E-state index contributed by atoms with van der Waals surface area (Å²) in [6.45, 7) is -0.219. The van der Waals surface area contributed by atoms with E-state index in [4.69, 9.17) is 25.8 Å². The van der Waals surface area contributed by atoms with E-state index in [1.165, 1.54) is 0 Å². The first kappa shape index (κ1) is 22.5. The Morgan fingerprint density at radius 3 is 2.58 bits per heavy atom. The Morgan fingerprint density at radius 2 is 2.00 bits per heavy atom. The van der Waals surface area contributed by atoms with Crippen LogP contribution in [0.2, 0.25) is 5.02 Å². The zero-order valence-electron chi connectivity index (χ0n) is 15.5. The molecule has 0 aromatic heterocycles. The lowest BCUT2D eigenvalue weighted by Gasteiger charge is -2.12. The van der Waals surface area contributed by atoms with Crippen LogP contribution in [0.5, 0.6) is 11.5 Å². The number of nitro groups is 1. The number of nitrogens with zero attached hydrogens (tertiary/aromatic N) is 1. The van der Waals surface area contributed by atoms with Crippen LogP contribution in [0.4, 0.5) is 18.9 Å². The van der Waals surface area contributed by atoms with E-state index < -0.39 is 46.6 Å². The topological polar surface area (TPSA) is 105 Å². The van der Waals surface area contributed by atoms with Crippen LogP contribution < -0.4 is 4.74 Å². The molecule has 0 aliphatic carbocycles. The molecule has 1 fully saturated rings. The monoisotopic (exact) mass is 459 g/mol. The summed E-state index contributed by atoms with van der Waals surface area (Å²) in [5.41, 5.74) is -2.05. The van der Waals surface area contributed by atoms with Gasteiger partial charge < -0.3 is 14.2 Å². The van der Waals surface area contributed by atoms with Gasteiger partial charge in [0.1, 0.15) is 29.8 Å². The van der Waals surface area contributed by atoms with Gasteiger partial charge in [0, 0.05) is 18.6 Å². The largest absolute Gasteiger partial charge is 0.459 e. The van der Waals surface area contributed by atoms with E-state index in [0.717, 1.165) is 30.3 Å². The predicted molar refractivity (Wildman–Crippen MR) is 99.3 cm³/mol. The van der Waals surface area contributed by atoms with Crippen molar-refractivity contribution < 1.29 is 41.9 Å². The molecule has 0 saturated carbocycles. The van der Waals surface area contributed by atoms with Crippen LogP contribution in [0.3, 0.4) is 0 Å². The van der Waals surface area contributed by atoms with Gasteiger partial charge in [0.2, 0.25) is 0 Å². The number of nitro benzene ring substituents is 1. The van der Waals surface area contributed by atoms with E-state index in [-0.39, 0.29) is 35.3 Å². The summed E-state index contributed by atoms with van der Waals surface area (Å²) in [6.07, 6.45) is -5.36. The highest BCUT2D eigenvalue weighted by Crippen LogP contribution is 2.37. The molecule has 164 valence electrons. The van der Waals surface area contributed by atoms with Crippen LogP contribution in [-0.4, -0.2) is 36.0 Å². The number of hydrogen-bond acceptors (Lipinski definition) is 7. The molecule has 2 aromatic rings. The lowest BCUT2D eigenvalue weighted by molar-refractivity contribution is -0.385. The van der Waals surface area contributed by atoms with Crippen molar-refractivity contribution in [3.05, 3.63) is 62.7 Å². The number of halogens is 4. The molecule has 2 aromatic carbocycles. The van der Waals surface area contributed by atoms with Crippen molar-refractivity contribution in [3.63, 3.8) is 0 Å². The quantitative estimate of drug-likeness (QED) is 0.354. The number of alkyl halides is 3. The van der Waals surface area contributed by atoms with Crippen molar-refractivity contribution >= 4 is 29.0 Å². The SMILES string of the molecule is O=C(OCC1OCCC1=O)c1cc(Oc2ccc(C(F)(F)F)cc2Cl)ccc1[N+](=O)[O-]. The molecule has 0 amide bonds. The Hall–Kier alpha value is -3.18. The fourth-order valence-corrected chi connectivity index (χ4v) is 2.93. The Morgan fingerprint density at radius 1 is 1.26 bits per heavy atom. The first-order chi connectivity index (χ1) is 14.6. The molecule has 0 spiro atoms. The molecule has 8 nitrogen and oxygen atoms in total. The number of rotatable bonds is 6. The fraction of sp³-hybridized carbons (Fsp3) is 0.263. The minimum Gasteiger partial charge on any atom is -0.459 e. The summed E-state index contributed by atoms with van der Waals surface area (Å²) in [5.74, 6) is -1.62. The van der Waals surface area contributed by atoms with E-state index in [2.05, 4.69) is 0 Å². The number of esters is 1. The molecule has 0 N–H and O–H groups in total. The van der Waals surface area contributed by atoms with E-state index >= 15 is 0 Å². The molecular weight excluding hydrogens is 447 g/mol. The van der Waals surface area contributed by atoms with Gasteiger partial charge in [0.15, 0.2) is 5.78 Å². The first-order valence-corrected chi connectivity index (χ1v) is 9.08. The highest BCUT2D eigenvalue weighted by molar-refractivity contribution is 6.32. The van der Waals surface area contributed by atoms with E-state index in [1.807, 2.05) is 0 Å². The molecule has 1 heterocycles. The Labute approximate surface area is 177 Å². The van der Waals surface area contributed by atoms with Gasteiger partial charge in [-0.05, 0) is 24.3 Å². The maximum atomic E-state index is 12.8. The number of ketones is 1. The minimum absolute atomic E-state index is 0.104. The summed E-state index contributed by atoms with van der Waals surface area (Å²) in [6, 6.07) is 5.50. The van der Waals surface area contributed by atoms with Gasteiger partial charge in [-0.25, -0.2) is 4.79 Å². The van der Waals surface area contributed by atoms with Gasteiger partial charge in [-0.2, -0.15) is 13.2 Å². The van der Waals surface area contributed by atoms with Crippen molar-refractivity contribution in [2.24, 2.45) is 0 Å². The summed E-state index contributed by atoms with van der Waals surface area (Å²) in [5, 5.41) is 10.9. The predicted octanol–water partition coefficient (Wildman–Crippen LogP) is 4.57. The summed E-state index contributed by atoms with van der Waals surface area (Å²) < 4.78 is 53.7. The van der Waals surface area contributed by atoms with Crippen LogP contribution in [0.25, 0.3) is 0 Å². The molecule has 0 bridgehead atoms. The highest BCUT2D eigenvalue weighted by Gasteiger charge is 2.31. The number of carbonyl (C=O) groups excluding carboxylic acids is 2. The smallest absolute Gasteiger partial charge is 0.416 e. The average molecular weight is 460 g/mol. The van der Waals surface area contributed by atoms with Gasteiger partial charge in [-0.3, -0.25) is 14.9 Å². The van der Waals surface area contributed by atoms with Crippen LogP contribution >= 0.6 is 11.6 Å². The van der Waals surface area contributed by atoms with Gasteiger partial charge in [0.25, 0.3) is 5.69 Å². The summed E-state index contributed by atoms with van der Waals surface area (Å²) in [7, 11) is 0. The molecule has 3 rings (SSSR count). The third-order valence-electron chi connectivity index (χ3n) is 4.26. The van der Waals surface area contributed by atoms with Crippen LogP contribution in [0.1, 0.15) is 22.3 Å². The Bertz CT molecular complexity index is 1040. The highest BCUT2D eigenvalue weighted by atomic mass is 35.5. The second kappa shape index (κ2) is 8.90. The second-order valence-corrected chi connectivity index (χ2v) is 6.76. The van der Waals surface area contributed by atoms with Crippen molar-refractivity contribution in [1.82, 2.24) is 0 Å². The van der Waals surface area contributed by atoms with E-state index in [9.17, 15) is 32.9 Å². The van der Waals surface area contributed by atoms with Gasteiger partial charge in [-0.1, -0.05) is 11.6 Å². The summed E-state index contributed by atoms with van der Waals surface area (Å²) in [4.78, 5) is 34.3. The van der Waals surface area contributed by atoms with E-state index in [1.54, 1.807) is 0 Å². The standard InChI is InChI=1S/C19H13ClF3NO7/c20-13-7-10(19(21,22)23)1-4-16(13)31-11-2-3-14(24(27)28)12(8-11)18(26)30-9-17-15(25)5-6-29-17/h1-4,7-8,17H,5-6,9H2. The molecule has 31 heavy (non-hydrogen) atoms. The van der Waals surface area contributed by atoms with Crippen molar-refractivity contribution in [1.29, 1.82) is 0 Å². The molecule has 1 aliphatic rings. The van der Waals surface area contributed by atoms with E-state index in [0.29, 0.717) is 6.07 Å². The normalized spacial score (nSPS) is 16.3. The third kappa shape index (κ3) is 5.30. The third-order valence-corrected chi connectivity index (χ3v) is 4.56. The maximum Gasteiger partial charge on any atom is 0.416 e. The number of ether oxygens (including phenoxy) is 3. The minimum atomic E-state index is -4.60. The van der Waals surface area contributed by atoms with Gasteiger partial charge >= 0.3 is 12.1 Å². The Kier molecular flexibility index (Phi) is 6.46. The lowest BCUT2D eigenvalue weighted by atomic mass is 10.1. The zero-order valence-corrected chi connectivity index (χ0v) is 16.2. The lowest BCUT2D eigenvalue weighted by Crippen LogP contribution is -2.24. The molecule has 1 atom stereocenters. The van der Waals surface area contributed by atoms with Crippen LogP contribution in [0, 0.1) is 10.1 Å². The number of Topliss-reactive ketones (excluding diaryl/α,β-unsaturated/α-hetero) is 1. The maximum absolute atomic E-state index is 12.8. The number of carbonyl (C=O) groups is 2. The van der Waals surface area contributed by atoms with Crippen molar-refractivity contribution in [3.8, 4) is 11.5 Å². The summed E-state index contributed by atoms with van der Waals surface area (Å²) >= 11 is 5.83. The van der Waals surface area contributed by atoms with Crippen molar-refractivity contribution in [2.75, 3.05) is 13.2 Å². The number of benzene rings is 2. The van der Waals surface area contributed by atoms with Gasteiger partial charge in [-0.15, -0.1) is 0 Å². The molecular formula is C19H13ClF3NO7. The Balaban J connectivity index is 1.82. The number of hydrogen-bond donors (Lipinski definition) is 0. The molecule has 1 aliphatic heterocycles. The zero-order chi connectivity index (χ0) is 22.8. The molecule has 12 heteroatoms. The average Bonchev–Trinajstić information content (AvgIpc) is 3.11. The van der Waals surface area contributed by atoms with Crippen LogP contribution in [-0.2, 0) is 20.4 Å². The molecule has 1 saturated heterocycles. The molecule has 1 unspecified atom stereocenters. The fourth-order valence-electron chi connectivity index (χ4n) is 2.71. The van der Waals surface area contributed by atoms with Crippen LogP contribution in [0.15, 0.2) is 36.4 Å². The first-order valence-electron chi connectivity index (χ1n) is 8.70. The molecule has 0 radical (unpaired) electrons. The van der Waals surface area contributed by atoms with Crippen molar-refractivity contribution in [2.45, 2.75) is 18.7 Å². The van der Waals surface area contributed by atoms with Gasteiger partial charge in [0.05, 0.1) is 22.1 Å².